The molecule has 0 amide bonds. The molecule has 110 valence electrons. The first-order chi connectivity index (χ1) is 9.90. The molecule has 2 aromatic rings. The number of aliphatic hydroxyl groups excluding tert-OH is 1. The van der Waals surface area contributed by atoms with Gasteiger partial charge in [-0.1, -0.05) is 0 Å². The zero-order chi connectivity index (χ0) is 15.5. The molecular weight excluding hydrogens is 285 g/mol. The zero-order valence-electron chi connectivity index (χ0n) is 10.7. The molecule has 0 saturated carbocycles. The van der Waals surface area contributed by atoms with E-state index in [2.05, 4.69) is 0 Å². The lowest BCUT2D eigenvalue weighted by Crippen LogP contribution is -2.04. The maximum absolute atomic E-state index is 12.4. The highest BCUT2D eigenvalue weighted by atomic mass is 19.4. The summed E-state index contributed by atoms with van der Waals surface area (Å²) in [6.45, 7) is -0.584. The fourth-order valence-electron chi connectivity index (χ4n) is 1.65. The Labute approximate surface area is 118 Å². The summed E-state index contributed by atoms with van der Waals surface area (Å²) in [6.07, 6.45) is -4.38. The van der Waals surface area contributed by atoms with E-state index >= 15 is 0 Å². The Kier molecular flexibility index (Phi) is 4.28. The quantitative estimate of drug-likeness (QED) is 0.876. The largest absolute Gasteiger partial charge is 0.457 e. The summed E-state index contributed by atoms with van der Waals surface area (Å²) < 4.78 is 42.6. The lowest BCUT2D eigenvalue weighted by atomic mass is 10.1. The van der Waals surface area contributed by atoms with Crippen molar-refractivity contribution in [3.8, 4) is 11.5 Å². The Morgan fingerprint density at radius 3 is 1.86 bits per heavy atom. The average Bonchev–Trinajstić information content (AvgIpc) is 2.47. The standard InChI is InChI=1S/C15H11F3O3/c16-15(17,18)11-3-7-13(8-4-11)21-12-5-1-10(2-6-12)14(20)9-19/h1-8,19H,9H2. The molecule has 0 heterocycles. The first kappa shape index (κ1) is 15.1. The molecule has 6 heteroatoms. The van der Waals surface area contributed by atoms with Crippen molar-refractivity contribution in [2.24, 2.45) is 0 Å². The van der Waals surface area contributed by atoms with E-state index in [1.54, 1.807) is 0 Å². The van der Waals surface area contributed by atoms with E-state index in [4.69, 9.17) is 9.84 Å². The number of ketones is 1. The number of alkyl halides is 3. The van der Waals surface area contributed by atoms with Crippen LogP contribution in [0.15, 0.2) is 48.5 Å². The third-order valence-corrected chi connectivity index (χ3v) is 2.74. The number of carbonyl (C=O) groups is 1. The van der Waals surface area contributed by atoms with E-state index in [1.165, 1.54) is 36.4 Å². The minimum atomic E-state index is -4.38. The number of rotatable bonds is 4. The number of hydrogen-bond donors (Lipinski definition) is 1. The van der Waals surface area contributed by atoms with Crippen LogP contribution >= 0.6 is 0 Å². The van der Waals surface area contributed by atoms with E-state index in [0.717, 1.165) is 12.1 Å². The second kappa shape index (κ2) is 5.97. The highest BCUT2D eigenvalue weighted by Crippen LogP contribution is 2.31. The van der Waals surface area contributed by atoms with Crippen LogP contribution in [0.5, 0.6) is 11.5 Å². The Hall–Kier alpha value is -2.34. The summed E-state index contributed by atoms with van der Waals surface area (Å²) >= 11 is 0. The third-order valence-electron chi connectivity index (χ3n) is 2.74. The molecule has 1 N–H and O–H groups in total. The van der Waals surface area contributed by atoms with Gasteiger partial charge in [-0.3, -0.25) is 4.79 Å². The Bertz CT molecular complexity index is 616. The molecule has 0 radical (unpaired) electrons. The van der Waals surface area contributed by atoms with Crippen LogP contribution in [0.3, 0.4) is 0 Å². The van der Waals surface area contributed by atoms with Gasteiger partial charge in [-0.05, 0) is 48.5 Å². The highest BCUT2D eigenvalue weighted by Gasteiger charge is 2.30. The van der Waals surface area contributed by atoms with E-state index in [-0.39, 0.29) is 5.75 Å². The fraction of sp³-hybridized carbons (Fsp3) is 0.133. The van der Waals surface area contributed by atoms with E-state index < -0.39 is 24.1 Å². The minimum Gasteiger partial charge on any atom is -0.457 e. The van der Waals surface area contributed by atoms with Crippen LogP contribution in [0.2, 0.25) is 0 Å². The Morgan fingerprint density at radius 2 is 1.43 bits per heavy atom. The monoisotopic (exact) mass is 296 g/mol. The summed E-state index contributed by atoms with van der Waals surface area (Å²) in [5.74, 6) is 0.213. The first-order valence-corrected chi connectivity index (χ1v) is 5.99. The molecule has 0 aromatic heterocycles. The smallest absolute Gasteiger partial charge is 0.416 e. The van der Waals surface area contributed by atoms with Gasteiger partial charge in [0, 0.05) is 5.56 Å². The maximum Gasteiger partial charge on any atom is 0.416 e. The number of ether oxygens (including phenoxy) is 1. The van der Waals surface area contributed by atoms with Crippen LogP contribution in [0, 0.1) is 0 Å². The van der Waals surface area contributed by atoms with Gasteiger partial charge >= 0.3 is 6.18 Å². The van der Waals surface area contributed by atoms with Crippen molar-refractivity contribution >= 4 is 5.78 Å². The number of Topliss-reactive ketones (excluding diaryl/α,β-unsaturated/α-hetero) is 1. The van der Waals surface area contributed by atoms with Gasteiger partial charge in [-0.25, -0.2) is 0 Å². The summed E-state index contributed by atoms with van der Waals surface area (Å²) in [7, 11) is 0. The number of benzene rings is 2. The molecule has 0 bridgehead atoms. The van der Waals surface area contributed by atoms with E-state index in [0.29, 0.717) is 11.3 Å². The lowest BCUT2D eigenvalue weighted by molar-refractivity contribution is -0.137. The van der Waals surface area contributed by atoms with Crippen molar-refractivity contribution in [2.75, 3.05) is 6.61 Å². The minimum absolute atomic E-state index is 0.254. The van der Waals surface area contributed by atoms with E-state index in [1.807, 2.05) is 0 Å². The summed E-state index contributed by atoms with van der Waals surface area (Å²) in [5, 5.41) is 8.71. The van der Waals surface area contributed by atoms with Gasteiger partial charge in [0.15, 0.2) is 5.78 Å². The first-order valence-electron chi connectivity index (χ1n) is 5.99. The normalized spacial score (nSPS) is 11.2. The van der Waals surface area contributed by atoms with Crippen LogP contribution < -0.4 is 4.74 Å². The molecule has 0 spiro atoms. The predicted octanol–water partition coefficient (Wildman–Crippen LogP) is 3.67. The van der Waals surface area contributed by atoms with Gasteiger partial charge in [0.1, 0.15) is 18.1 Å². The van der Waals surface area contributed by atoms with Gasteiger partial charge in [0.2, 0.25) is 0 Å². The maximum atomic E-state index is 12.4. The molecule has 0 fully saturated rings. The fourth-order valence-corrected chi connectivity index (χ4v) is 1.65. The van der Waals surface area contributed by atoms with Crippen LogP contribution in [0.25, 0.3) is 0 Å². The molecule has 0 atom stereocenters. The lowest BCUT2D eigenvalue weighted by Gasteiger charge is -2.09. The molecule has 21 heavy (non-hydrogen) atoms. The number of hydrogen-bond acceptors (Lipinski definition) is 3. The van der Waals surface area contributed by atoms with Crippen molar-refractivity contribution in [3.05, 3.63) is 59.7 Å². The third kappa shape index (κ3) is 3.82. The van der Waals surface area contributed by atoms with Gasteiger partial charge < -0.3 is 9.84 Å². The molecule has 3 nitrogen and oxygen atoms in total. The van der Waals surface area contributed by atoms with Crippen molar-refractivity contribution in [2.45, 2.75) is 6.18 Å². The van der Waals surface area contributed by atoms with Gasteiger partial charge in [0.25, 0.3) is 0 Å². The number of halogens is 3. The Balaban J connectivity index is 2.10. The second-order valence-electron chi connectivity index (χ2n) is 4.23. The van der Waals surface area contributed by atoms with Crippen molar-refractivity contribution in [1.82, 2.24) is 0 Å². The van der Waals surface area contributed by atoms with Crippen molar-refractivity contribution in [3.63, 3.8) is 0 Å². The summed E-state index contributed by atoms with van der Waals surface area (Å²) in [6, 6.07) is 10.2. The highest BCUT2D eigenvalue weighted by molar-refractivity contribution is 5.96. The molecule has 2 rings (SSSR count). The van der Waals surface area contributed by atoms with Crippen molar-refractivity contribution in [1.29, 1.82) is 0 Å². The number of aliphatic hydroxyl groups is 1. The predicted molar refractivity (Wildman–Crippen MR) is 69.4 cm³/mol. The SMILES string of the molecule is O=C(CO)c1ccc(Oc2ccc(C(F)(F)F)cc2)cc1. The summed E-state index contributed by atoms with van der Waals surface area (Å²) in [4.78, 5) is 11.2. The molecule has 0 aliphatic rings. The zero-order valence-corrected chi connectivity index (χ0v) is 10.7. The van der Waals surface area contributed by atoms with Crippen LogP contribution in [-0.2, 0) is 6.18 Å². The average molecular weight is 296 g/mol. The van der Waals surface area contributed by atoms with Gasteiger partial charge in [-0.2, -0.15) is 13.2 Å². The molecule has 0 unspecified atom stereocenters. The molecule has 0 saturated heterocycles. The van der Waals surface area contributed by atoms with Crippen molar-refractivity contribution < 1.29 is 27.8 Å². The number of carbonyl (C=O) groups excluding carboxylic acids is 1. The van der Waals surface area contributed by atoms with Crippen LogP contribution in [-0.4, -0.2) is 17.5 Å². The molecule has 2 aromatic carbocycles. The van der Waals surface area contributed by atoms with Gasteiger partial charge in [0.05, 0.1) is 5.56 Å². The molecule has 0 aliphatic heterocycles. The molecular formula is C15H11F3O3. The van der Waals surface area contributed by atoms with Crippen LogP contribution in [0.4, 0.5) is 13.2 Å². The Morgan fingerprint density at radius 1 is 0.952 bits per heavy atom. The van der Waals surface area contributed by atoms with Crippen LogP contribution in [0.1, 0.15) is 15.9 Å². The summed E-state index contributed by atoms with van der Waals surface area (Å²) in [5.41, 5.74) is -0.420. The topological polar surface area (TPSA) is 46.5 Å². The molecule has 0 aliphatic carbocycles. The second-order valence-corrected chi connectivity index (χ2v) is 4.23. The van der Waals surface area contributed by atoms with E-state index in [9.17, 15) is 18.0 Å². The van der Waals surface area contributed by atoms with Gasteiger partial charge in [-0.15, -0.1) is 0 Å².